The normalized spacial score (nSPS) is 9.74. The molecule has 1 heterocycles. The van der Waals surface area contributed by atoms with Crippen molar-refractivity contribution in [3.8, 4) is 16.9 Å². The summed E-state index contributed by atoms with van der Waals surface area (Å²) in [7, 11) is 0. The van der Waals surface area contributed by atoms with Crippen LogP contribution in [0.4, 0.5) is 5.69 Å². The van der Waals surface area contributed by atoms with Crippen LogP contribution in [0.15, 0.2) is 73.1 Å². The van der Waals surface area contributed by atoms with E-state index in [0.717, 1.165) is 16.8 Å². The summed E-state index contributed by atoms with van der Waals surface area (Å²) in [6.45, 7) is 0. The molecule has 2 N–H and O–H groups in total. The van der Waals surface area contributed by atoms with E-state index in [1.54, 1.807) is 36.5 Å². The molecule has 0 saturated carbocycles. The Labute approximate surface area is 135 Å². The maximum Gasteiger partial charge on any atom is 0.257 e. The molecule has 3 aromatic rings. The molecule has 0 fully saturated rings. The minimum absolute atomic E-state index is 0. The number of hydrogen-bond donors (Lipinski definition) is 2. The number of phenols is 1. The molecule has 116 valence electrons. The Kier molecular flexibility index (Phi) is 5.10. The molecule has 0 aliphatic carbocycles. The number of pyridine rings is 1. The molecule has 0 radical (unpaired) electrons. The van der Waals surface area contributed by atoms with Crippen molar-refractivity contribution >= 4 is 11.6 Å². The summed E-state index contributed by atoms with van der Waals surface area (Å²) in [4.78, 5) is 16.4. The van der Waals surface area contributed by atoms with E-state index in [1.807, 2.05) is 30.3 Å². The number of aromatic nitrogens is 1. The van der Waals surface area contributed by atoms with Crippen molar-refractivity contribution in [1.29, 1.82) is 0 Å². The first-order chi connectivity index (χ1) is 10.7. The number of carbonyl (C=O) groups is 1. The van der Waals surface area contributed by atoms with E-state index in [4.69, 9.17) is 0 Å². The summed E-state index contributed by atoms with van der Waals surface area (Å²) in [6.07, 6.45) is 3.22. The van der Waals surface area contributed by atoms with Gasteiger partial charge in [-0.05, 0) is 35.9 Å². The molecule has 1 aromatic heterocycles. The number of anilines is 1. The highest BCUT2D eigenvalue weighted by Gasteiger charge is 2.08. The molecular weight excluding hydrogens is 288 g/mol. The van der Waals surface area contributed by atoms with Crippen molar-refractivity contribution in [2.24, 2.45) is 0 Å². The van der Waals surface area contributed by atoms with Crippen LogP contribution in [-0.4, -0.2) is 16.0 Å². The van der Waals surface area contributed by atoms with Crippen molar-refractivity contribution in [3.05, 3.63) is 78.6 Å². The first kappa shape index (κ1) is 16.2. The standard InChI is InChI=1S/C18H14N2O2.CH4/c21-17-8-6-13(7-9-17)14-10-15(12-19-11-14)18(22)20-16-4-2-1-3-5-16;/h1-12,21H,(H,20,22);1H4. The van der Waals surface area contributed by atoms with Crippen molar-refractivity contribution in [3.63, 3.8) is 0 Å². The zero-order valence-electron chi connectivity index (χ0n) is 11.7. The second-order valence-corrected chi connectivity index (χ2v) is 4.83. The SMILES string of the molecule is C.O=C(Nc1ccccc1)c1cncc(-c2ccc(O)cc2)c1. The largest absolute Gasteiger partial charge is 0.508 e. The molecule has 23 heavy (non-hydrogen) atoms. The van der Waals surface area contributed by atoms with Crippen LogP contribution >= 0.6 is 0 Å². The lowest BCUT2D eigenvalue weighted by molar-refractivity contribution is 0.102. The zero-order chi connectivity index (χ0) is 15.4. The fourth-order valence-corrected chi connectivity index (χ4v) is 2.10. The summed E-state index contributed by atoms with van der Waals surface area (Å²) < 4.78 is 0. The average molecular weight is 306 g/mol. The number of amides is 1. The third-order valence-corrected chi connectivity index (χ3v) is 3.23. The van der Waals surface area contributed by atoms with Crippen LogP contribution in [0.3, 0.4) is 0 Å². The number of benzene rings is 2. The van der Waals surface area contributed by atoms with E-state index >= 15 is 0 Å². The molecule has 0 aliphatic heterocycles. The Balaban J connectivity index is 0.00000192. The van der Waals surface area contributed by atoms with Crippen LogP contribution in [-0.2, 0) is 0 Å². The Hall–Kier alpha value is -3.14. The van der Waals surface area contributed by atoms with Gasteiger partial charge in [0.15, 0.2) is 0 Å². The van der Waals surface area contributed by atoms with Crippen molar-refractivity contribution in [2.45, 2.75) is 7.43 Å². The molecule has 0 aliphatic rings. The summed E-state index contributed by atoms with van der Waals surface area (Å²) in [5.74, 6) is -0.00554. The van der Waals surface area contributed by atoms with Crippen LogP contribution in [0.5, 0.6) is 5.75 Å². The number of carbonyl (C=O) groups excluding carboxylic acids is 1. The third-order valence-electron chi connectivity index (χ3n) is 3.23. The van der Waals surface area contributed by atoms with Gasteiger partial charge < -0.3 is 10.4 Å². The number of para-hydroxylation sites is 1. The van der Waals surface area contributed by atoms with Gasteiger partial charge in [-0.25, -0.2) is 0 Å². The quantitative estimate of drug-likeness (QED) is 0.756. The Morgan fingerprint density at radius 1 is 0.913 bits per heavy atom. The summed E-state index contributed by atoms with van der Waals surface area (Å²) in [5, 5.41) is 12.2. The minimum atomic E-state index is -0.209. The van der Waals surface area contributed by atoms with Crippen LogP contribution in [0.2, 0.25) is 0 Å². The number of rotatable bonds is 3. The molecule has 3 rings (SSSR count). The topological polar surface area (TPSA) is 62.2 Å². The van der Waals surface area contributed by atoms with Gasteiger partial charge in [0.05, 0.1) is 5.56 Å². The molecule has 4 nitrogen and oxygen atoms in total. The van der Waals surface area contributed by atoms with Gasteiger partial charge in [-0.3, -0.25) is 9.78 Å². The number of nitrogens with zero attached hydrogens (tertiary/aromatic N) is 1. The van der Waals surface area contributed by atoms with Gasteiger partial charge >= 0.3 is 0 Å². The summed E-state index contributed by atoms with van der Waals surface area (Å²) in [5.41, 5.74) is 2.93. The fourth-order valence-electron chi connectivity index (χ4n) is 2.10. The lowest BCUT2D eigenvalue weighted by atomic mass is 10.1. The summed E-state index contributed by atoms with van der Waals surface area (Å²) in [6, 6.07) is 17.8. The summed E-state index contributed by atoms with van der Waals surface area (Å²) >= 11 is 0. The second kappa shape index (κ2) is 7.22. The Morgan fingerprint density at radius 2 is 1.61 bits per heavy atom. The highest BCUT2D eigenvalue weighted by Crippen LogP contribution is 2.22. The zero-order valence-corrected chi connectivity index (χ0v) is 11.7. The molecule has 1 amide bonds. The molecule has 0 atom stereocenters. The highest BCUT2D eigenvalue weighted by atomic mass is 16.3. The van der Waals surface area contributed by atoms with E-state index in [-0.39, 0.29) is 19.1 Å². The van der Waals surface area contributed by atoms with Crippen LogP contribution < -0.4 is 5.32 Å². The first-order valence-corrected chi connectivity index (χ1v) is 6.83. The molecule has 0 bridgehead atoms. The lowest BCUT2D eigenvalue weighted by Gasteiger charge is -2.07. The van der Waals surface area contributed by atoms with Gasteiger partial charge in [-0.1, -0.05) is 37.8 Å². The predicted molar refractivity (Wildman–Crippen MR) is 92.5 cm³/mol. The van der Waals surface area contributed by atoms with Gasteiger partial charge in [0.2, 0.25) is 0 Å². The van der Waals surface area contributed by atoms with Gasteiger partial charge in [-0.15, -0.1) is 0 Å². The van der Waals surface area contributed by atoms with Gasteiger partial charge in [-0.2, -0.15) is 0 Å². The van der Waals surface area contributed by atoms with E-state index in [2.05, 4.69) is 10.3 Å². The molecule has 0 unspecified atom stereocenters. The smallest absolute Gasteiger partial charge is 0.257 e. The van der Waals surface area contributed by atoms with Crippen molar-refractivity contribution in [2.75, 3.05) is 5.32 Å². The Morgan fingerprint density at radius 3 is 2.30 bits per heavy atom. The number of nitrogens with one attached hydrogen (secondary N) is 1. The van der Waals surface area contributed by atoms with E-state index in [1.165, 1.54) is 6.20 Å². The lowest BCUT2D eigenvalue weighted by Crippen LogP contribution is -2.12. The molecule has 0 spiro atoms. The van der Waals surface area contributed by atoms with E-state index in [0.29, 0.717) is 5.56 Å². The molecular formula is C19H18N2O2. The second-order valence-electron chi connectivity index (χ2n) is 4.83. The highest BCUT2D eigenvalue weighted by molar-refractivity contribution is 6.04. The fraction of sp³-hybridized carbons (Fsp3) is 0.0526. The maximum atomic E-state index is 12.3. The monoisotopic (exact) mass is 306 g/mol. The van der Waals surface area contributed by atoms with Crippen molar-refractivity contribution < 1.29 is 9.90 Å². The molecule has 2 aromatic carbocycles. The third kappa shape index (κ3) is 3.95. The molecule has 0 saturated heterocycles. The number of phenolic OH excluding ortho intramolecular Hbond substituents is 1. The van der Waals surface area contributed by atoms with Gasteiger partial charge in [0, 0.05) is 23.6 Å². The van der Waals surface area contributed by atoms with Crippen LogP contribution in [0, 0.1) is 0 Å². The minimum Gasteiger partial charge on any atom is -0.508 e. The Bertz CT molecular complexity index is 784. The molecule has 4 heteroatoms. The van der Waals surface area contributed by atoms with Crippen molar-refractivity contribution in [1.82, 2.24) is 4.98 Å². The first-order valence-electron chi connectivity index (χ1n) is 6.83. The van der Waals surface area contributed by atoms with Gasteiger partial charge in [0.1, 0.15) is 5.75 Å². The predicted octanol–water partition coefficient (Wildman–Crippen LogP) is 4.34. The van der Waals surface area contributed by atoms with Crippen LogP contribution in [0.25, 0.3) is 11.1 Å². The van der Waals surface area contributed by atoms with E-state index in [9.17, 15) is 9.90 Å². The number of hydrogen-bond acceptors (Lipinski definition) is 3. The van der Waals surface area contributed by atoms with E-state index < -0.39 is 0 Å². The number of aromatic hydroxyl groups is 1. The van der Waals surface area contributed by atoms with Crippen LogP contribution in [0.1, 0.15) is 17.8 Å². The average Bonchev–Trinajstić information content (AvgIpc) is 2.56. The van der Waals surface area contributed by atoms with Gasteiger partial charge in [0.25, 0.3) is 5.91 Å². The maximum absolute atomic E-state index is 12.3.